The monoisotopic (exact) mass is 581 g/mol. The zero-order valence-electron chi connectivity index (χ0n) is 23.4. The number of carbonyl (C=O) groups is 2. The summed E-state index contributed by atoms with van der Waals surface area (Å²) < 4.78 is 38.9. The van der Waals surface area contributed by atoms with Crippen molar-refractivity contribution in [2.45, 2.75) is 68.8 Å². The molecule has 8 nitrogen and oxygen atoms in total. The SMILES string of the molecule is CN(C1CCC(O)(c2ccc(-c3cnccn3)cn2)CC1)C1CCN(C(=O)CCC(=O)c2cccc(C(F)(F)F)c2)C1. The molecule has 1 aliphatic carbocycles. The zero-order valence-corrected chi connectivity index (χ0v) is 23.4. The molecule has 222 valence electrons. The Morgan fingerprint density at radius 1 is 1.02 bits per heavy atom. The van der Waals surface area contributed by atoms with E-state index < -0.39 is 23.1 Å². The Bertz CT molecular complexity index is 1390. The average molecular weight is 582 g/mol. The summed E-state index contributed by atoms with van der Waals surface area (Å²) in [4.78, 5) is 42.3. The van der Waals surface area contributed by atoms with Gasteiger partial charge in [0.1, 0.15) is 5.60 Å². The highest BCUT2D eigenvalue weighted by Gasteiger charge is 2.40. The quantitative estimate of drug-likeness (QED) is 0.379. The van der Waals surface area contributed by atoms with Crippen LogP contribution in [0, 0.1) is 0 Å². The number of rotatable bonds is 8. The minimum Gasteiger partial charge on any atom is -0.384 e. The first-order chi connectivity index (χ1) is 20.0. The summed E-state index contributed by atoms with van der Waals surface area (Å²) in [5.74, 6) is -0.643. The van der Waals surface area contributed by atoms with E-state index in [1.165, 1.54) is 12.1 Å². The van der Waals surface area contributed by atoms with Gasteiger partial charge in [-0.05, 0) is 63.4 Å². The van der Waals surface area contributed by atoms with Crippen LogP contribution in [-0.4, -0.2) is 73.8 Å². The highest BCUT2D eigenvalue weighted by Crippen LogP contribution is 2.39. The molecule has 1 aliphatic heterocycles. The van der Waals surface area contributed by atoms with Crippen LogP contribution >= 0.6 is 0 Å². The summed E-state index contributed by atoms with van der Waals surface area (Å²) >= 11 is 0. The number of Topliss-reactive ketones (excluding diaryl/α,β-unsaturated/α-hetero) is 1. The van der Waals surface area contributed by atoms with Crippen molar-refractivity contribution >= 4 is 11.7 Å². The van der Waals surface area contributed by atoms with Crippen molar-refractivity contribution in [3.05, 3.63) is 78.0 Å². The molecular weight excluding hydrogens is 547 g/mol. The summed E-state index contributed by atoms with van der Waals surface area (Å²) in [6.07, 6.45) is 5.46. The van der Waals surface area contributed by atoms with Gasteiger partial charge in [0.15, 0.2) is 5.78 Å². The molecule has 1 atom stereocenters. The van der Waals surface area contributed by atoms with Crippen molar-refractivity contribution in [1.82, 2.24) is 24.8 Å². The topological polar surface area (TPSA) is 99.5 Å². The number of halogens is 3. The summed E-state index contributed by atoms with van der Waals surface area (Å²) in [5, 5.41) is 11.4. The molecule has 1 saturated heterocycles. The first-order valence-corrected chi connectivity index (χ1v) is 14.2. The number of hydrogen-bond donors (Lipinski definition) is 1. The molecule has 1 aromatic carbocycles. The van der Waals surface area contributed by atoms with Gasteiger partial charge in [0.2, 0.25) is 5.91 Å². The van der Waals surface area contributed by atoms with Gasteiger partial charge in [-0.2, -0.15) is 13.2 Å². The largest absolute Gasteiger partial charge is 0.416 e. The normalized spacial score (nSPS) is 22.9. The predicted octanol–water partition coefficient (Wildman–Crippen LogP) is 4.88. The van der Waals surface area contributed by atoms with Crippen molar-refractivity contribution in [3.8, 4) is 11.3 Å². The molecule has 2 aromatic heterocycles. The summed E-state index contributed by atoms with van der Waals surface area (Å²) in [6.45, 7) is 1.11. The number of alkyl halides is 3. The van der Waals surface area contributed by atoms with Gasteiger partial charge < -0.3 is 10.0 Å². The van der Waals surface area contributed by atoms with E-state index in [0.29, 0.717) is 31.6 Å². The van der Waals surface area contributed by atoms with Crippen molar-refractivity contribution in [2.24, 2.45) is 0 Å². The van der Waals surface area contributed by atoms with Crippen LogP contribution in [0.1, 0.15) is 66.6 Å². The van der Waals surface area contributed by atoms with E-state index >= 15 is 0 Å². The molecule has 5 rings (SSSR count). The van der Waals surface area contributed by atoms with E-state index in [1.54, 1.807) is 29.7 Å². The van der Waals surface area contributed by atoms with Gasteiger partial charge in [0, 0.05) is 67.7 Å². The molecule has 42 heavy (non-hydrogen) atoms. The highest BCUT2D eigenvalue weighted by atomic mass is 19.4. The molecule has 1 amide bonds. The molecular formula is C31H34F3N5O3. The van der Waals surface area contributed by atoms with E-state index in [-0.39, 0.29) is 36.4 Å². The number of aliphatic hydroxyl groups is 1. The average Bonchev–Trinajstić information content (AvgIpc) is 3.51. The Kier molecular flexibility index (Phi) is 8.70. The third kappa shape index (κ3) is 6.68. The van der Waals surface area contributed by atoms with E-state index in [4.69, 9.17) is 0 Å². The summed E-state index contributed by atoms with van der Waals surface area (Å²) in [7, 11) is 2.05. The van der Waals surface area contributed by atoms with Crippen molar-refractivity contribution < 1.29 is 27.9 Å². The standard InChI is InChI=1S/C31H34F3N5O3/c1-38(24-9-12-30(42,13-10-24)28-7-5-22(18-37-28)26-19-35-14-15-36-26)25-11-16-39(20-25)29(41)8-6-27(40)21-3-2-4-23(17-21)31(32,33)34/h2-5,7,14-15,17-19,24-25,42H,6,8-13,16,20H2,1H3. The third-order valence-corrected chi connectivity index (χ3v) is 8.63. The van der Waals surface area contributed by atoms with Crippen LogP contribution in [0.3, 0.4) is 0 Å². The fraction of sp³-hybridized carbons (Fsp3) is 0.452. The maximum Gasteiger partial charge on any atom is 0.416 e. The molecule has 2 fully saturated rings. The number of likely N-dealkylation sites (N-methyl/N-ethyl adjacent to an activating group) is 1. The minimum absolute atomic E-state index is 0.0365. The van der Waals surface area contributed by atoms with Gasteiger partial charge in [-0.3, -0.25) is 29.4 Å². The van der Waals surface area contributed by atoms with Crippen LogP contribution in [0.25, 0.3) is 11.3 Å². The second kappa shape index (κ2) is 12.3. The zero-order chi connectivity index (χ0) is 29.9. The lowest BCUT2D eigenvalue weighted by molar-refractivity contribution is -0.137. The van der Waals surface area contributed by atoms with E-state index in [0.717, 1.165) is 42.7 Å². The Balaban J connectivity index is 1.10. The number of pyridine rings is 1. The van der Waals surface area contributed by atoms with E-state index in [1.807, 2.05) is 12.1 Å². The molecule has 0 radical (unpaired) electrons. The third-order valence-electron chi connectivity index (χ3n) is 8.63. The fourth-order valence-electron chi connectivity index (χ4n) is 6.00. The van der Waals surface area contributed by atoms with E-state index in [9.17, 15) is 27.9 Å². The molecule has 3 heterocycles. The Morgan fingerprint density at radius 3 is 2.48 bits per heavy atom. The Morgan fingerprint density at radius 2 is 1.81 bits per heavy atom. The van der Waals surface area contributed by atoms with Gasteiger partial charge in [-0.25, -0.2) is 0 Å². The van der Waals surface area contributed by atoms with Gasteiger partial charge in [0.25, 0.3) is 0 Å². The lowest BCUT2D eigenvalue weighted by Gasteiger charge is -2.41. The number of benzene rings is 1. The molecule has 11 heteroatoms. The van der Waals surface area contributed by atoms with Crippen LogP contribution in [0.5, 0.6) is 0 Å². The molecule has 1 N–H and O–H groups in total. The maximum absolute atomic E-state index is 13.0. The van der Waals surface area contributed by atoms with Gasteiger partial charge in [-0.15, -0.1) is 0 Å². The smallest absolute Gasteiger partial charge is 0.384 e. The number of ketones is 1. The number of hydrogen-bond acceptors (Lipinski definition) is 7. The summed E-state index contributed by atoms with van der Waals surface area (Å²) in [5.41, 5.74) is 0.296. The molecule has 3 aromatic rings. The number of likely N-dealkylation sites (tertiary alicyclic amines) is 1. The van der Waals surface area contributed by atoms with Crippen molar-refractivity contribution in [2.75, 3.05) is 20.1 Å². The van der Waals surface area contributed by atoms with Crippen LogP contribution in [-0.2, 0) is 16.6 Å². The molecule has 2 aliphatic rings. The van der Waals surface area contributed by atoms with Crippen LogP contribution in [0.4, 0.5) is 13.2 Å². The minimum atomic E-state index is -4.53. The lowest BCUT2D eigenvalue weighted by Crippen LogP contribution is -2.46. The first kappa shape index (κ1) is 29.8. The molecule has 0 spiro atoms. The fourth-order valence-corrected chi connectivity index (χ4v) is 6.00. The van der Waals surface area contributed by atoms with Gasteiger partial charge >= 0.3 is 6.18 Å². The predicted molar refractivity (Wildman–Crippen MR) is 149 cm³/mol. The van der Waals surface area contributed by atoms with Crippen molar-refractivity contribution in [3.63, 3.8) is 0 Å². The number of amides is 1. The molecule has 0 bridgehead atoms. The van der Waals surface area contributed by atoms with E-state index in [2.05, 4.69) is 26.9 Å². The summed E-state index contributed by atoms with van der Waals surface area (Å²) in [6, 6.07) is 8.49. The van der Waals surface area contributed by atoms with Crippen molar-refractivity contribution in [1.29, 1.82) is 0 Å². The number of carbonyl (C=O) groups excluding carboxylic acids is 2. The maximum atomic E-state index is 13.0. The second-order valence-corrected chi connectivity index (χ2v) is 11.2. The first-order valence-electron chi connectivity index (χ1n) is 14.2. The van der Waals surface area contributed by atoms with Gasteiger partial charge in [-0.1, -0.05) is 12.1 Å². The number of nitrogens with zero attached hydrogens (tertiary/aromatic N) is 5. The molecule has 1 unspecified atom stereocenters. The Labute approximate surface area is 242 Å². The van der Waals surface area contributed by atoms with Crippen LogP contribution in [0.2, 0.25) is 0 Å². The Hall–Kier alpha value is -3.70. The highest BCUT2D eigenvalue weighted by molar-refractivity contribution is 5.98. The lowest BCUT2D eigenvalue weighted by atomic mass is 9.79. The van der Waals surface area contributed by atoms with Crippen LogP contribution in [0.15, 0.2) is 61.2 Å². The van der Waals surface area contributed by atoms with Crippen LogP contribution < -0.4 is 0 Å². The molecule has 1 saturated carbocycles. The number of aromatic nitrogens is 3. The van der Waals surface area contributed by atoms with Gasteiger partial charge in [0.05, 0.1) is 23.1 Å². The second-order valence-electron chi connectivity index (χ2n) is 11.2.